The van der Waals surface area contributed by atoms with Crippen molar-refractivity contribution >= 4 is 12.0 Å². The van der Waals surface area contributed by atoms with Gasteiger partial charge in [0.05, 0.1) is 6.04 Å². The van der Waals surface area contributed by atoms with E-state index >= 15 is 0 Å². The average molecular weight is 347 g/mol. The number of nitrogens with zero attached hydrogens (tertiary/aromatic N) is 1. The molecule has 2 rings (SSSR count). The van der Waals surface area contributed by atoms with Gasteiger partial charge in [-0.15, -0.1) is 0 Å². The molecule has 1 saturated heterocycles. The van der Waals surface area contributed by atoms with Crippen molar-refractivity contribution in [1.82, 2.24) is 4.90 Å². The van der Waals surface area contributed by atoms with Crippen LogP contribution in [0.5, 0.6) is 0 Å². The third kappa shape index (κ3) is 6.50. The molecule has 0 bridgehead atoms. The topological polar surface area (TPSA) is 55.8 Å². The molecule has 1 aliphatic heterocycles. The van der Waals surface area contributed by atoms with Crippen LogP contribution in [0, 0.1) is 0 Å². The van der Waals surface area contributed by atoms with E-state index in [9.17, 15) is 9.59 Å². The van der Waals surface area contributed by atoms with Gasteiger partial charge in [0.2, 0.25) is 5.91 Å². The average Bonchev–Trinajstić information content (AvgIpc) is 2.98. The number of hydrogen-bond donors (Lipinski definition) is 0. The van der Waals surface area contributed by atoms with Gasteiger partial charge in [-0.1, -0.05) is 50.1 Å². The maximum atomic E-state index is 12.4. The minimum atomic E-state index is -0.506. The van der Waals surface area contributed by atoms with Gasteiger partial charge in [-0.2, -0.15) is 0 Å². The van der Waals surface area contributed by atoms with Crippen LogP contribution in [0.1, 0.15) is 51.0 Å². The summed E-state index contributed by atoms with van der Waals surface area (Å²) in [6.45, 7) is 3.99. The van der Waals surface area contributed by atoms with Gasteiger partial charge in [0, 0.05) is 19.6 Å². The van der Waals surface area contributed by atoms with Crippen molar-refractivity contribution in [3.63, 3.8) is 0 Å². The molecular weight excluding hydrogens is 318 g/mol. The van der Waals surface area contributed by atoms with Gasteiger partial charge in [-0.05, 0) is 31.2 Å². The molecule has 1 atom stereocenters. The largest absolute Gasteiger partial charge is 0.447 e. The number of carbonyl (C=O) groups excluding carboxylic acids is 2. The Bertz CT molecular complexity index is 532. The number of ether oxygens (including phenoxy) is 2. The fourth-order valence-electron chi connectivity index (χ4n) is 2.93. The highest BCUT2D eigenvalue weighted by Gasteiger charge is 2.37. The predicted molar refractivity (Wildman–Crippen MR) is 96.3 cm³/mol. The lowest BCUT2D eigenvalue weighted by Crippen LogP contribution is -2.40. The van der Waals surface area contributed by atoms with E-state index in [-0.39, 0.29) is 18.6 Å². The molecule has 25 heavy (non-hydrogen) atoms. The first-order valence-electron chi connectivity index (χ1n) is 9.33. The smallest absolute Gasteiger partial charge is 0.416 e. The standard InChI is InChI=1S/C20H29NO4/c1-2-3-13-24-14-9-5-8-12-19(22)21-18(16-25-20(21)23)15-17-10-6-4-7-11-17/h4,6-7,10-11,18H,2-3,5,8-9,12-16H2,1H3/t18-/m0/s1. The zero-order chi connectivity index (χ0) is 17.9. The molecule has 0 unspecified atom stereocenters. The molecule has 138 valence electrons. The summed E-state index contributed by atoms with van der Waals surface area (Å²) in [6.07, 6.45) is 5.42. The normalized spacial score (nSPS) is 16.9. The molecule has 0 radical (unpaired) electrons. The minimum Gasteiger partial charge on any atom is -0.447 e. The molecular formula is C20H29NO4. The second-order valence-electron chi connectivity index (χ2n) is 6.46. The first-order chi connectivity index (χ1) is 12.2. The Labute approximate surface area is 150 Å². The lowest BCUT2D eigenvalue weighted by Gasteiger charge is -2.19. The summed E-state index contributed by atoms with van der Waals surface area (Å²) in [7, 11) is 0. The monoisotopic (exact) mass is 347 g/mol. The number of imide groups is 1. The number of carbonyl (C=O) groups is 2. The second kappa shape index (κ2) is 10.9. The van der Waals surface area contributed by atoms with Crippen molar-refractivity contribution in [2.75, 3.05) is 19.8 Å². The Morgan fingerprint density at radius 3 is 2.68 bits per heavy atom. The van der Waals surface area contributed by atoms with E-state index in [0.29, 0.717) is 12.8 Å². The number of hydrogen-bond acceptors (Lipinski definition) is 4. The van der Waals surface area contributed by atoms with Crippen LogP contribution in [-0.2, 0) is 20.7 Å². The zero-order valence-electron chi connectivity index (χ0n) is 15.1. The Balaban J connectivity index is 1.70. The molecule has 0 spiro atoms. The van der Waals surface area contributed by atoms with E-state index in [2.05, 4.69) is 6.92 Å². The van der Waals surface area contributed by atoms with Crippen LogP contribution in [0.2, 0.25) is 0 Å². The summed E-state index contributed by atoms with van der Waals surface area (Å²) < 4.78 is 10.6. The van der Waals surface area contributed by atoms with E-state index in [1.165, 1.54) is 4.90 Å². The summed E-state index contributed by atoms with van der Waals surface area (Å²) in [6, 6.07) is 9.69. The summed E-state index contributed by atoms with van der Waals surface area (Å²) in [4.78, 5) is 25.6. The van der Waals surface area contributed by atoms with Crippen molar-refractivity contribution in [2.45, 2.75) is 57.9 Å². The Morgan fingerprint density at radius 2 is 1.92 bits per heavy atom. The summed E-state index contributed by atoms with van der Waals surface area (Å²) in [5.41, 5.74) is 1.10. The zero-order valence-corrected chi connectivity index (χ0v) is 15.1. The van der Waals surface area contributed by atoms with Gasteiger partial charge >= 0.3 is 6.09 Å². The number of rotatable bonds is 11. The quantitative estimate of drug-likeness (QED) is 0.569. The number of unbranched alkanes of at least 4 members (excludes halogenated alkanes) is 3. The fraction of sp³-hybridized carbons (Fsp3) is 0.600. The molecule has 1 heterocycles. The third-order valence-electron chi connectivity index (χ3n) is 4.37. The van der Waals surface area contributed by atoms with E-state index in [0.717, 1.165) is 50.9 Å². The molecule has 1 aromatic carbocycles. The Morgan fingerprint density at radius 1 is 1.16 bits per heavy atom. The first-order valence-corrected chi connectivity index (χ1v) is 9.33. The van der Waals surface area contributed by atoms with Gasteiger partial charge < -0.3 is 9.47 Å². The van der Waals surface area contributed by atoms with Crippen LogP contribution in [0.15, 0.2) is 30.3 Å². The van der Waals surface area contributed by atoms with Crippen molar-refractivity contribution in [1.29, 1.82) is 0 Å². The molecule has 0 aromatic heterocycles. The second-order valence-corrected chi connectivity index (χ2v) is 6.46. The van der Waals surface area contributed by atoms with Gasteiger partial charge in [0.25, 0.3) is 0 Å². The molecule has 0 N–H and O–H groups in total. The molecule has 1 aromatic rings. The van der Waals surface area contributed by atoms with E-state index in [4.69, 9.17) is 9.47 Å². The third-order valence-corrected chi connectivity index (χ3v) is 4.37. The predicted octanol–water partition coefficient (Wildman–Crippen LogP) is 3.95. The summed E-state index contributed by atoms with van der Waals surface area (Å²) >= 11 is 0. The highest BCUT2D eigenvalue weighted by atomic mass is 16.6. The number of amides is 2. The first kappa shape index (κ1) is 19.4. The van der Waals surface area contributed by atoms with Crippen LogP contribution in [-0.4, -0.2) is 42.8 Å². The van der Waals surface area contributed by atoms with Crippen molar-refractivity contribution in [3.05, 3.63) is 35.9 Å². The van der Waals surface area contributed by atoms with Crippen molar-refractivity contribution in [2.24, 2.45) is 0 Å². The Kier molecular flexibility index (Phi) is 8.46. The van der Waals surface area contributed by atoms with Crippen LogP contribution >= 0.6 is 0 Å². The lowest BCUT2D eigenvalue weighted by atomic mass is 10.1. The highest BCUT2D eigenvalue weighted by molar-refractivity contribution is 5.93. The van der Waals surface area contributed by atoms with Gasteiger partial charge in [-0.3, -0.25) is 4.79 Å². The highest BCUT2D eigenvalue weighted by Crippen LogP contribution is 2.19. The van der Waals surface area contributed by atoms with Crippen molar-refractivity contribution in [3.8, 4) is 0 Å². The van der Waals surface area contributed by atoms with E-state index in [1.54, 1.807) is 0 Å². The van der Waals surface area contributed by atoms with Gasteiger partial charge in [-0.25, -0.2) is 9.69 Å². The molecule has 0 saturated carbocycles. The molecule has 5 nitrogen and oxygen atoms in total. The van der Waals surface area contributed by atoms with Gasteiger partial charge in [0.15, 0.2) is 0 Å². The summed E-state index contributed by atoms with van der Waals surface area (Å²) in [5, 5.41) is 0. The molecule has 2 amide bonds. The van der Waals surface area contributed by atoms with Gasteiger partial charge in [0.1, 0.15) is 6.61 Å². The molecule has 5 heteroatoms. The van der Waals surface area contributed by atoms with E-state index < -0.39 is 6.09 Å². The molecule has 1 aliphatic rings. The maximum absolute atomic E-state index is 12.4. The van der Waals surface area contributed by atoms with E-state index in [1.807, 2.05) is 30.3 Å². The molecule has 1 fully saturated rings. The van der Waals surface area contributed by atoms with Crippen molar-refractivity contribution < 1.29 is 19.1 Å². The fourth-order valence-corrected chi connectivity index (χ4v) is 2.93. The number of cyclic esters (lactones) is 1. The molecule has 0 aliphatic carbocycles. The van der Waals surface area contributed by atoms with Crippen LogP contribution in [0.4, 0.5) is 4.79 Å². The summed E-state index contributed by atoms with van der Waals surface area (Å²) in [5.74, 6) is -0.129. The number of benzene rings is 1. The minimum absolute atomic E-state index is 0.129. The van der Waals surface area contributed by atoms with Crippen LogP contribution in [0.25, 0.3) is 0 Å². The Hall–Kier alpha value is -1.88. The van der Waals surface area contributed by atoms with Crippen LogP contribution < -0.4 is 0 Å². The SMILES string of the molecule is CCCCOCCCCCC(=O)N1C(=O)OC[C@@H]1Cc1ccccc1. The van der Waals surface area contributed by atoms with Crippen LogP contribution in [0.3, 0.4) is 0 Å². The maximum Gasteiger partial charge on any atom is 0.416 e. The lowest BCUT2D eigenvalue weighted by molar-refractivity contribution is -0.129.